The molecule has 3 rings (SSSR count). The van der Waals surface area contributed by atoms with E-state index < -0.39 is 0 Å². The summed E-state index contributed by atoms with van der Waals surface area (Å²) in [5.74, 6) is 0. The Morgan fingerprint density at radius 2 is 1.95 bits per heavy atom. The van der Waals surface area contributed by atoms with E-state index >= 15 is 0 Å². The van der Waals surface area contributed by atoms with Crippen LogP contribution in [-0.2, 0) is 6.42 Å². The van der Waals surface area contributed by atoms with Gasteiger partial charge < -0.3 is 0 Å². The maximum absolute atomic E-state index is 6.34. The third-order valence-electron chi connectivity index (χ3n) is 3.76. The van der Waals surface area contributed by atoms with Gasteiger partial charge in [0.15, 0.2) is 10.3 Å². The number of fused-ring (bicyclic) bond motifs is 1. The molecule has 0 saturated heterocycles. The molecule has 0 saturated carbocycles. The number of hydrogen-bond acceptors (Lipinski definition) is 1. The predicted octanol–water partition coefficient (Wildman–Crippen LogP) is 5.59. The molecule has 0 radical (unpaired) electrons. The van der Waals surface area contributed by atoms with Crippen LogP contribution in [0.1, 0.15) is 24.5 Å². The molecule has 4 heteroatoms. The first-order valence-corrected chi connectivity index (χ1v) is 7.79. The molecule has 2 aromatic carbocycles. The predicted molar refractivity (Wildman–Crippen MR) is 89.8 cm³/mol. The average molecular weight is 319 g/mol. The van der Waals surface area contributed by atoms with Crippen LogP contribution in [0.5, 0.6) is 0 Å². The molecule has 0 bridgehead atoms. The van der Waals surface area contributed by atoms with E-state index in [1.54, 1.807) is 6.33 Å². The van der Waals surface area contributed by atoms with Crippen molar-refractivity contribution in [1.29, 1.82) is 0 Å². The molecule has 3 aromatic rings. The van der Waals surface area contributed by atoms with Gasteiger partial charge in [-0.25, -0.2) is 4.98 Å². The van der Waals surface area contributed by atoms with Gasteiger partial charge in [0.25, 0.3) is 0 Å². The van der Waals surface area contributed by atoms with Crippen molar-refractivity contribution in [2.75, 3.05) is 0 Å². The molecular formula is C17H16Cl2N2. The molecule has 0 aliphatic heterocycles. The molecule has 0 amide bonds. The molecule has 0 N–H and O–H groups in total. The fourth-order valence-electron chi connectivity index (χ4n) is 2.82. The highest BCUT2D eigenvalue weighted by atomic mass is 35.5. The van der Waals surface area contributed by atoms with Gasteiger partial charge in [-0.1, -0.05) is 66.9 Å². The Balaban J connectivity index is 2.42. The van der Waals surface area contributed by atoms with E-state index in [1.165, 1.54) is 21.9 Å². The Morgan fingerprint density at radius 3 is 2.62 bits per heavy atom. The first kappa shape index (κ1) is 14.4. The zero-order valence-corrected chi connectivity index (χ0v) is 13.5. The zero-order chi connectivity index (χ0) is 15.0. The molecule has 0 fully saturated rings. The maximum Gasteiger partial charge on any atom is 0.166 e. The van der Waals surface area contributed by atoms with Crippen LogP contribution in [0.25, 0.3) is 16.5 Å². The molecule has 0 aliphatic carbocycles. The minimum atomic E-state index is 0.338. The number of aryl methyl sites for hydroxylation is 1. The second-order valence-corrected chi connectivity index (χ2v) is 5.90. The van der Waals surface area contributed by atoms with Crippen molar-refractivity contribution < 1.29 is 0 Å². The van der Waals surface area contributed by atoms with Crippen molar-refractivity contribution in [3.8, 4) is 5.69 Å². The quantitative estimate of drug-likeness (QED) is 0.615. The summed E-state index contributed by atoms with van der Waals surface area (Å²) in [6, 6.07) is 10.6. The molecule has 0 atom stereocenters. The van der Waals surface area contributed by atoms with Crippen LogP contribution in [0.2, 0.25) is 10.3 Å². The minimum Gasteiger partial charge on any atom is -0.287 e. The second-order valence-electron chi connectivity index (χ2n) is 5.19. The molecule has 0 spiro atoms. The molecular weight excluding hydrogens is 303 g/mol. The van der Waals surface area contributed by atoms with Crippen LogP contribution in [0.15, 0.2) is 36.7 Å². The molecule has 0 unspecified atom stereocenters. The van der Waals surface area contributed by atoms with Crippen LogP contribution in [0.4, 0.5) is 0 Å². The number of halogens is 2. The number of hydrogen-bond donors (Lipinski definition) is 0. The third kappa shape index (κ3) is 2.43. The van der Waals surface area contributed by atoms with E-state index in [9.17, 15) is 0 Å². The number of benzene rings is 2. The van der Waals surface area contributed by atoms with Crippen LogP contribution in [0.3, 0.4) is 0 Å². The van der Waals surface area contributed by atoms with E-state index in [4.69, 9.17) is 23.2 Å². The number of aromatic nitrogens is 2. The van der Waals surface area contributed by atoms with E-state index in [1.807, 2.05) is 16.7 Å². The number of imidazole rings is 1. The Hall–Kier alpha value is -1.51. The minimum absolute atomic E-state index is 0.338. The number of rotatable bonds is 3. The summed E-state index contributed by atoms with van der Waals surface area (Å²) in [5.41, 5.74) is 3.66. The van der Waals surface area contributed by atoms with Crippen molar-refractivity contribution in [3.05, 3.63) is 58.1 Å². The van der Waals surface area contributed by atoms with Gasteiger partial charge in [0.2, 0.25) is 0 Å². The van der Waals surface area contributed by atoms with Crippen molar-refractivity contribution in [2.45, 2.75) is 26.7 Å². The van der Waals surface area contributed by atoms with Gasteiger partial charge >= 0.3 is 0 Å². The van der Waals surface area contributed by atoms with Crippen LogP contribution >= 0.6 is 23.2 Å². The Labute approximate surface area is 134 Å². The average Bonchev–Trinajstić information content (AvgIpc) is 2.80. The standard InChI is InChI=1S/C17H16Cl2N2/c1-3-6-13-11(2)9-12-7-4-5-8-14(12)15(13)21-10-20-16(18)17(21)19/h4-5,7-10H,3,6H2,1-2H3. The van der Waals surface area contributed by atoms with E-state index in [-0.39, 0.29) is 0 Å². The summed E-state index contributed by atoms with van der Waals surface area (Å²) in [5, 5.41) is 3.17. The monoisotopic (exact) mass is 318 g/mol. The normalized spacial score (nSPS) is 11.2. The lowest BCUT2D eigenvalue weighted by molar-refractivity contribution is 0.893. The first-order chi connectivity index (χ1) is 10.1. The lowest BCUT2D eigenvalue weighted by Crippen LogP contribution is -2.03. The van der Waals surface area contributed by atoms with Gasteiger partial charge in [-0.2, -0.15) is 0 Å². The molecule has 0 aliphatic rings. The highest BCUT2D eigenvalue weighted by Gasteiger charge is 2.16. The van der Waals surface area contributed by atoms with Crippen LogP contribution in [-0.4, -0.2) is 9.55 Å². The lowest BCUT2D eigenvalue weighted by Gasteiger charge is -2.17. The molecule has 1 aromatic heterocycles. The third-order valence-corrected chi connectivity index (χ3v) is 4.49. The number of nitrogens with zero attached hydrogens (tertiary/aromatic N) is 2. The highest BCUT2D eigenvalue weighted by Crippen LogP contribution is 2.33. The zero-order valence-electron chi connectivity index (χ0n) is 12.0. The lowest BCUT2D eigenvalue weighted by atomic mass is 9.96. The van der Waals surface area contributed by atoms with Gasteiger partial charge in [-0.15, -0.1) is 0 Å². The Morgan fingerprint density at radius 1 is 1.19 bits per heavy atom. The fraction of sp³-hybridized carbons (Fsp3) is 0.235. The van der Waals surface area contributed by atoms with Crippen molar-refractivity contribution in [3.63, 3.8) is 0 Å². The van der Waals surface area contributed by atoms with E-state index in [0.717, 1.165) is 18.5 Å². The van der Waals surface area contributed by atoms with E-state index in [0.29, 0.717) is 10.3 Å². The van der Waals surface area contributed by atoms with Crippen LogP contribution in [0, 0.1) is 6.92 Å². The van der Waals surface area contributed by atoms with E-state index in [2.05, 4.69) is 37.0 Å². The van der Waals surface area contributed by atoms with Crippen molar-refractivity contribution in [2.24, 2.45) is 0 Å². The summed E-state index contributed by atoms with van der Waals surface area (Å²) >= 11 is 12.4. The first-order valence-electron chi connectivity index (χ1n) is 7.03. The SMILES string of the molecule is CCCc1c(C)cc2ccccc2c1-n1cnc(Cl)c1Cl. The summed E-state index contributed by atoms with van der Waals surface area (Å²) in [4.78, 5) is 4.13. The molecule has 108 valence electrons. The fourth-order valence-corrected chi connectivity index (χ4v) is 3.13. The van der Waals surface area contributed by atoms with Crippen LogP contribution < -0.4 is 0 Å². The van der Waals surface area contributed by atoms with Gasteiger partial charge in [0.05, 0.1) is 5.69 Å². The molecule has 1 heterocycles. The second kappa shape index (κ2) is 5.70. The maximum atomic E-state index is 6.34. The van der Waals surface area contributed by atoms with Crippen molar-refractivity contribution in [1.82, 2.24) is 9.55 Å². The Kier molecular flexibility index (Phi) is 3.92. The smallest absolute Gasteiger partial charge is 0.166 e. The molecule has 21 heavy (non-hydrogen) atoms. The summed E-state index contributed by atoms with van der Waals surface area (Å²) in [6.07, 6.45) is 3.77. The Bertz CT molecular complexity index is 806. The summed E-state index contributed by atoms with van der Waals surface area (Å²) in [7, 11) is 0. The molecule has 2 nitrogen and oxygen atoms in total. The van der Waals surface area contributed by atoms with Gasteiger partial charge in [0, 0.05) is 5.39 Å². The van der Waals surface area contributed by atoms with Gasteiger partial charge in [-0.05, 0) is 29.9 Å². The topological polar surface area (TPSA) is 17.8 Å². The highest BCUT2D eigenvalue weighted by molar-refractivity contribution is 6.40. The van der Waals surface area contributed by atoms with Crippen molar-refractivity contribution >= 4 is 34.0 Å². The summed E-state index contributed by atoms with van der Waals surface area (Å²) in [6.45, 7) is 4.33. The van der Waals surface area contributed by atoms with Gasteiger partial charge in [0.1, 0.15) is 6.33 Å². The largest absolute Gasteiger partial charge is 0.287 e. The van der Waals surface area contributed by atoms with Gasteiger partial charge in [-0.3, -0.25) is 4.57 Å². The summed E-state index contributed by atoms with van der Waals surface area (Å²) < 4.78 is 1.89.